The number of hydrogen-bond donors (Lipinski definition) is 1. The Morgan fingerprint density at radius 3 is 2.55 bits per heavy atom. The van der Waals surface area contributed by atoms with E-state index in [1.807, 2.05) is 18.7 Å². The van der Waals surface area contributed by atoms with Crippen LogP contribution in [-0.2, 0) is 9.59 Å². The molecule has 1 amide bonds. The third-order valence-corrected chi connectivity index (χ3v) is 6.92. The number of carbonyl (C=O) groups is 2. The van der Waals surface area contributed by atoms with Crippen LogP contribution in [0.3, 0.4) is 0 Å². The summed E-state index contributed by atoms with van der Waals surface area (Å²) in [6.07, 6.45) is 6.27. The van der Waals surface area contributed by atoms with Crippen LogP contribution >= 0.6 is 0 Å². The second-order valence-corrected chi connectivity index (χ2v) is 9.34. The Kier molecular flexibility index (Phi) is 5.78. The van der Waals surface area contributed by atoms with Gasteiger partial charge < -0.3 is 14.9 Å². The molecular weight excluding hydrogens is 366 g/mol. The minimum atomic E-state index is -0.976. The molecule has 2 aliphatic carbocycles. The van der Waals surface area contributed by atoms with Crippen molar-refractivity contribution in [3.63, 3.8) is 0 Å². The Morgan fingerprint density at radius 2 is 1.86 bits per heavy atom. The Balaban J connectivity index is 1.42. The Labute approximate surface area is 173 Å². The molecule has 29 heavy (non-hydrogen) atoms. The summed E-state index contributed by atoms with van der Waals surface area (Å²) in [6, 6.07) is 0.417. The van der Waals surface area contributed by atoms with Crippen LogP contribution in [-0.4, -0.2) is 90.0 Å². The van der Waals surface area contributed by atoms with Gasteiger partial charge in [0.25, 0.3) is 5.91 Å². The van der Waals surface area contributed by atoms with Crippen molar-refractivity contribution in [1.29, 1.82) is 0 Å². The SMILES string of the molecule is CC(C)C1C=C(C(=O)N2CC3=C(CC(N4CCN(C)CC4)C=C3)C2)C(O)CC1=O. The average molecular weight is 400 g/mol. The number of nitrogens with zero attached hydrogens (tertiary/aromatic N) is 3. The smallest absolute Gasteiger partial charge is 0.252 e. The molecule has 6 heteroatoms. The molecular formula is C23H33N3O3. The lowest BCUT2D eigenvalue weighted by molar-refractivity contribution is -0.129. The number of rotatable bonds is 3. The van der Waals surface area contributed by atoms with Gasteiger partial charge in [-0.1, -0.05) is 32.1 Å². The second kappa shape index (κ2) is 8.17. The van der Waals surface area contributed by atoms with Crippen molar-refractivity contribution in [3.05, 3.63) is 34.9 Å². The number of Topliss-reactive ketones (excluding diaryl/α,β-unsaturated/α-hetero) is 1. The molecule has 0 aromatic carbocycles. The van der Waals surface area contributed by atoms with E-state index in [0.29, 0.717) is 24.7 Å². The third kappa shape index (κ3) is 4.11. The van der Waals surface area contributed by atoms with Gasteiger partial charge in [0.15, 0.2) is 0 Å². The molecule has 1 saturated heterocycles. The topological polar surface area (TPSA) is 64.1 Å². The van der Waals surface area contributed by atoms with Gasteiger partial charge in [0.1, 0.15) is 5.78 Å². The van der Waals surface area contributed by atoms with E-state index in [0.717, 1.165) is 32.6 Å². The maximum atomic E-state index is 13.2. The quantitative estimate of drug-likeness (QED) is 0.774. The molecule has 4 rings (SSSR count). The van der Waals surface area contributed by atoms with Gasteiger partial charge in [0.2, 0.25) is 0 Å². The van der Waals surface area contributed by atoms with E-state index in [2.05, 4.69) is 29.0 Å². The summed E-state index contributed by atoms with van der Waals surface area (Å²) in [5.74, 6) is -0.227. The number of amides is 1. The van der Waals surface area contributed by atoms with Crippen molar-refractivity contribution >= 4 is 11.7 Å². The molecule has 6 nitrogen and oxygen atoms in total. The normalized spacial score (nSPS) is 31.5. The van der Waals surface area contributed by atoms with Gasteiger partial charge in [-0.25, -0.2) is 0 Å². The zero-order chi connectivity index (χ0) is 20.7. The highest BCUT2D eigenvalue weighted by Gasteiger charge is 2.37. The van der Waals surface area contributed by atoms with Gasteiger partial charge in [0.05, 0.1) is 6.10 Å². The highest BCUT2D eigenvalue weighted by molar-refractivity contribution is 5.99. The second-order valence-electron chi connectivity index (χ2n) is 9.34. The number of likely N-dealkylation sites (N-methyl/N-ethyl adjacent to an activating group) is 1. The van der Waals surface area contributed by atoms with E-state index in [1.165, 1.54) is 11.1 Å². The summed E-state index contributed by atoms with van der Waals surface area (Å²) in [4.78, 5) is 32.1. The maximum absolute atomic E-state index is 13.2. The highest BCUT2D eigenvalue weighted by Crippen LogP contribution is 2.32. The van der Waals surface area contributed by atoms with Gasteiger partial charge in [-0.2, -0.15) is 0 Å². The average Bonchev–Trinajstić information content (AvgIpc) is 3.11. The first-order valence-electron chi connectivity index (χ1n) is 10.9. The Morgan fingerprint density at radius 1 is 1.14 bits per heavy atom. The standard InChI is InChI=1S/C23H33N3O3/c1-15(2)19-11-20(22(28)12-21(19)27)23(29)26-13-16-4-5-18(10-17(16)14-26)25-8-6-24(3)7-9-25/h4-5,11,15,18-19,22,28H,6-10,12-14H2,1-3H3. The fourth-order valence-electron chi connectivity index (χ4n) is 4.96. The molecule has 3 atom stereocenters. The van der Waals surface area contributed by atoms with Crippen LogP contribution in [0.15, 0.2) is 34.9 Å². The Bertz CT molecular complexity index is 774. The van der Waals surface area contributed by atoms with E-state index in [-0.39, 0.29) is 29.9 Å². The number of carbonyl (C=O) groups excluding carboxylic acids is 2. The molecule has 0 aromatic heterocycles. The number of allylic oxidation sites excluding steroid dienone is 1. The summed E-state index contributed by atoms with van der Waals surface area (Å²) >= 11 is 0. The summed E-state index contributed by atoms with van der Waals surface area (Å²) in [5, 5.41) is 10.4. The number of aliphatic hydroxyl groups excluding tert-OH is 1. The lowest BCUT2D eigenvalue weighted by Crippen LogP contribution is -2.48. The van der Waals surface area contributed by atoms with Gasteiger partial charge >= 0.3 is 0 Å². The molecule has 0 bridgehead atoms. The van der Waals surface area contributed by atoms with Crippen molar-refractivity contribution < 1.29 is 14.7 Å². The first kappa shape index (κ1) is 20.5. The predicted octanol–water partition coefficient (Wildman–Crippen LogP) is 1.23. The summed E-state index contributed by atoms with van der Waals surface area (Å²) < 4.78 is 0. The van der Waals surface area contributed by atoms with Gasteiger partial charge in [-0.05, 0) is 30.5 Å². The molecule has 0 radical (unpaired) electrons. The number of ketones is 1. The van der Waals surface area contributed by atoms with E-state index in [9.17, 15) is 14.7 Å². The van der Waals surface area contributed by atoms with Crippen LogP contribution in [0.2, 0.25) is 0 Å². The maximum Gasteiger partial charge on any atom is 0.252 e. The molecule has 2 heterocycles. The molecule has 0 saturated carbocycles. The first-order chi connectivity index (χ1) is 13.8. The Hall–Kier alpha value is -1.76. The van der Waals surface area contributed by atoms with Crippen molar-refractivity contribution in [2.24, 2.45) is 11.8 Å². The number of aliphatic hydroxyl groups is 1. The van der Waals surface area contributed by atoms with Gasteiger partial charge in [0, 0.05) is 63.2 Å². The number of piperazine rings is 1. The molecule has 158 valence electrons. The van der Waals surface area contributed by atoms with E-state index in [4.69, 9.17) is 0 Å². The van der Waals surface area contributed by atoms with Gasteiger partial charge in [-0.3, -0.25) is 14.5 Å². The lowest BCUT2D eigenvalue weighted by Gasteiger charge is -2.38. The molecule has 4 aliphatic rings. The van der Waals surface area contributed by atoms with Crippen molar-refractivity contribution in [2.75, 3.05) is 46.3 Å². The van der Waals surface area contributed by atoms with Crippen LogP contribution < -0.4 is 0 Å². The highest BCUT2D eigenvalue weighted by atomic mass is 16.3. The van der Waals surface area contributed by atoms with E-state index in [1.54, 1.807) is 6.08 Å². The third-order valence-electron chi connectivity index (χ3n) is 6.92. The van der Waals surface area contributed by atoms with Crippen LogP contribution in [0.1, 0.15) is 26.7 Å². The van der Waals surface area contributed by atoms with Crippen LogP contribution in [0.25, 0.3) is 0 Å². The fourth-order valence-corrected chi connectivity index (χ4v) is 4.96. The zero-order valence-electron chi connectivity index (χ0n) is 17.8. The van der Waals surface area contributed by atoms with E-state index < -0.39 is 6.10 Å². The molecule has 3 unspecified atom stereocenters. The summed E-state index contributed by atoms with van der Waals surface area (Å²) in [6.45, 7) is 9.57. The minimum Gasteiger partial charge on any atom is -0.388 e. The van der Waals surface area contributed by atoms with E-state index >= 15 is 0 Å². The molecule has 0 spiro atoms. The number of hydrogen-bond acceptors (Lipinski definition) is 5. The monoisotopic (exact) mass is 399 g/mol. The largest absolute Gasteiger partial charge is 0.388 e. The van der Waals surface area contributed by atoms with Gasteiger partial charge in [-0.15, -0.1) is 0 Å². The van der Waals surface area contributed by atoms with Crippen molar-refractivity contribution in [3.8, 4) is 0 Å². The molecule has 1 N–H and O–H groups in total. The predicted molar refractivity (Wildman–Crippen MR) is 112 cm³/mol. The summed E-state index contributed by atoms with van der Waals surface area (Å²) in [7, 11) is 2.17. The first-order valence-corrected chi connectivity index (χ1v) is 10.9. The van der Waals surface area contributed by atoms with Crippen molar-refractivity contribution in [2.45, 2.75) is 38.8 Å². The zero-order valence-corrected chi connectivity index (χ0v) is 17.8. The molecule has 2 aliphatic heterocycles. The summed E-state index contributed by atoms with van der Waals surface area (Å²) in [5.41, 5.74) is 2.99. The molecule has 1 fully saturated rings. The van der Waals surface area contributed by atoms with Crippen LogP contribution in [0.4, 0.5) is 0 Å². The fraction of sp³-hybridized carbons (Fsp3) is 0.652. The lowest BCUT2D eigenvalue weighted by atomic mass is 9.80. The molecule has 0 aromatic rings. The minimum absolute atomic E-state index is 0.0286. The van der Waals surface area contributed by atoms with Crippen LogP contribution in [0, 0.1) is 11.8 Å². The van der Waals surface area contributed by atoms with Crippen LogP contribution in [0.5, 0.6) is 0 Å². The van der Waals surface area contributed by atoms with Crippen molar-refractivity contribution in [1.82, 2.24) is 14.7 Å².